The number of rotatable bonds is 1. The van der Waals surface area contributed by atoms with Crippen molar-refractivity contribution in [2.24, 2.45) is 0 Å². The molecule has 0 saturated heterocycles. The topological polar surface area (TPSA) is 20.2 Å². The Morgan fingerprint density at radius 2 is 1.60 bits per heavy atom. The standard InChI is InChI=1S/C13H19FO/c1-12(2,3)9-6-7-11(14)10(8-9)13(4,5)15/h6-8,15H,1-5H3. The monoisotopic (exact) mass is 210 g/mol. The van der Waals surface area contributed by atoms with Gasteiger partial charge in [-0.1, -0.05) is 26.8 Å². The first-order valence-corrected chi connectivity index (χ1v) is 5.15. The summed E-state index contributed by atoms with van der Waals surface area (Å²) in [5.74, 6) is -0.351. The van der Waals surface area contributed by atoms with E-state index in [-0.39, 0.29) is 11.2 Å². The minimum absolute atomic E-state index is 0.0340. The van der Waals surface area contributed by atoms with Crippen molar-refractivity contribution in [1.82, 2.24) is 0 Å². The first-order chi connectivity index (χ1) is 6.62. The number of hydrogen-bond donors (Lipinski definition) is 1. The molecule has 2 heteroatoms. The van der Waals surface area contributed by atoms with Crippen LogP contribution in [0.25, 0.3) is 0 Å². The Morgan fingerprint density at radius 3 is 2.00 bits per heavy atom. The van der Waals surface area contributed by atoms with Gasteiger partial charge in [-0.15, -0.1) is 0 Å². The average molecular weight is 210 g/mol. The zero-order chi connectivity index (χ0) is 11.9. The Labute approximate surface area is 90.9 Å². The molecule has 1 rings (SSSR count). The maximum atomic E-state index is 13.5. The van der Waals surface area contributed by atoms with Gasteiger partial charge in [0.25, 0.3) is 0 Å². The zero-order valence-corrected chi connectivity index (χ0v) is 10.1. The summed E-state index contributed by atoms with van der Waals surface area (Å²) in [6.45, 7) is 9.38. The van der Waals surface area contributed by atoms with Crippen LogP contribution in [-0.2, 0) is 11.0 Å². The van der Waals surface area contributed by atoms with E-state index in [2.05, 4.69) is 20.8 Å². The highest BCUT2D eigenvalue weighted by molar-refractivity contribution is 5.32. The van der Waals surface area contributed by atoms with Crippen LogP contribution in [0.1, 0.15) is 45.7 Å². The Morgan fingerprint density at radius 1 is 1.07 bits per heavy atom. The largest absolute Gasteiger partial charge is 0.386 e. The van der Waals surface area contributed by atoms with Crippen LogP contribution >= 0.6 is 0 Å². The van der Waals surface area contributed by atoms with E-state index in [9.17, 15) is 9.50 Å². The van der Waals surface area contributed by atoms with Crippen molar-refractivity contribution in [3.63, 3.8) is 0 Å². The Balaban J connectivity index is 3.30. The lowest BCUT2D eigenvalue weighted by atomic mass is 9.84. The van der Waals surface area contributed by atoms with Gasteiger partial charge in [0, 0.05) is 5.56 Å². The SMILES string of the molecule is CC(C)(C)c1ccc(F)c(C(C)(C)O)c1. The van der Waals surface area contributed by atoms with E-state index in [0.29, 0.717) is 5.56 Å². The average Bonchev–Trinajstić information content (AvgIpc) is 2.00. The lowest BCUT2D eigenvalue weighted by molar-refractivity contribution is 0.0744. The van der Waals surface area contributed by atoms with Gasteiger partial charge in [-0.3, -0.25) is 0 Å². The molecule has 0 aliphatic carbocycles. The van der Waals surface area contributed by atoms with E-state index in [1.165, 1.54) is 6.07 Å². The molecule has 0 amide bonds. The summed E-state index contributed by atoms with van der Waals surface area (Å²) >= 11 is 0. The molecule has 0 bridgehead atoms. The molecule has 84 valence electrons. The first kappa shape index (κ1) is 12.2. The molecule has 0 fully saturated rings. The summed E-state index contributed by atoms with van der Waals surface area (Å²) in [5, 5.41) is 9.82. The predicted octanol–water partition coefficient (Wildman–Crippen LogP) is 3.35. The van der Waals surface area contributed by atoms with E-state index in [0.717, 1.165) is 5.56 Å². The van der Waals surface area contributed by atoms with Gasteiger partial charge in [-0.05, 0) is 37.0 Å². The fourth-order valence-corrected chi connectivity index (χ4v) is 1.46. The van der Waals surface area contributed by atoms with Crippen LogP contribution < -0.4 is 0 Å². The fourth-order valence-electron chi connectivity index (χ4n) is 1.46. The maximum Gasteiger partial charge on any atom is 0.129 e. The third-order valence-electron chi connectivity index (χ3n) is 2.49. The second kappa shape index (κ2) is 3.60. The summed E-state index contributed by atoms with van der Waals surface area (Å²) < 4.78 is 13.5. The van der Waals surface area contributed by atoms with Crippen LogP contribution in [0.3, 0.4) is 0 Å². The normalized spacial score (nSPS) is 13.0. The van der Waals surface area contributed by atoms with Crippen LogP contribution in [0, 0.1) is 5.82 Å². The van der Waals surface area contributed by atoms with Crippen LogP contribution in [0.15, 0.2) is 18.2 Å². The highest BCUT2D eigenvalue weighted by Gasteiger charge is 2.23. The number of benzene rings is 1. The minimum atomic E-state index is -1.13. The van der Waals surface area contributed by atoms with Crippen molar-refractivity contribution < 1.29 is 9.50 Å². The third kappa shape index (κ3) is 2.78. The molecular weight excluding hydrogens is 191 g/mol. The second-order valence-electron chi connectivity index (χ2n) is 5.50. The van der Waals surface area contributed by atoms with Crippen LogP contribution in [0.2, 0.25) is 0 Å². The lowest BCUT2D eigenvalue weighted by Gasteiger charge is -2.24. The van der Waals surface area contributed by atoms with Gasteiger partial charge < -0.3 is 5.11 Å². The zero-order valence-electron chi connectivity index (χ0n) is 10.1. The van der Waals surface area contributed by atoms with Gasteiger partial charge in [0.05, 0.1) is 5.60 Å². The number of hydrogen-bond acceptors (Lipinski definition) is 1. The molecule has 0 aliphatic rings. The van der Waals surface area contributed by atoms with Crippen molar-refractivity contribution in [3.8, 4) is 0 Å². The molecule has 0 aromatic heterocycles. The van der Waals surface area contributed by atoms with Gasteiger partial charge in [0.15, 0.2) is 0 Å². The molecule has 0 heterocycles. The fraction of sp³-hybridized carbons (Fsp3) is 0.538. The van der Waals surface area contributed by atoms with Gasteiger partial charge in [0.1, 0.15) is 5.82 Å². The van der Waals surface area contributed by atoms with E-state index in [1.807, 2.05) is 0 Å². The summed E-state index contributed by atoms with van der Waals surface area (Å²) in [6.07, 6.45) is 0. The van der Waals surface area contributed by atoms with E-state index >= 15 is 0 Å². The van der Waals surface area contributed by atoms with Crippen molar-refractivity contribution in [1.29, 1.82) is 0 Å². The molecule has 1 N–H and O–H groups in total. The molecule has 0 saturated carbocycles. The van der Waals surface area contributed by atoms with Gasteiger partial charge in [0.2, 0.25) is 0 Å². The van der Waals surface area contributed by atoms with E-state index in [4.69, 9.17) is 0 Å². The highest BCUT2D eigenvalue weighted by Crippen LogP contribution is 2.29. The highest BCUT2D eigenvalue weighted by atomic mass is 19.1. The number of halogens is 1. The minimum Gasteiger partial charge on any atom is -0.386 e. The molecule has 0 radical (unpaired) electrons. The van der Waals surface area contributed by atoms with Crippen LogP contribution in [-0.4, -0.2) is 5.11 Å². The summed E-state index contributed by atoms with van der Waals surface area (Å²) in [7, 11) is 0. The van der Waals surface area contributed by atoms with E-state index in [1.54, 1.807) is 26.0 Å². The Hall–Kier alpha value is -0.890. The molecule has 0 aliphatic heterocycles. The van der Waals surface area contributed by atoms with Crippen molar-refractivity contribution in [3.05, 3.63) is 35.1 Å². The molecule has 1 nitrogen and oxygen atoms in total. The van der Waals surface area contributed by atoms with Gasteiger partial charge in [-0.2, -0.15) is 0 Å². The van der Waals surface area contributed by atoms with Crippen LogP contribution in [0.4, 0.5) is 4.39 Å². The summed E-state index contributed by atoms with van der Waals surface area (Å²) in [4.78, 5) is 0. The molecular formula is C13H19FO. The Bertz CT molecular complexity index is 356. The van der Waals surface area contributed by atoms with E-state index < -0.39 is 5.60 Å². The first-order valence-electron chi connectivity index (χ1n) is 5.15. The quantitative estimate of drug-likeness (QED) is 0.753. The van der Waals surface area contributed by atoms with Crippen molar-refractivity contribution in [2.45, 2.75) is 45.6 Å². The van der Waals surface area contributed by atoms with Gasteiger partial charge in [-0.25, -0.2) is 4.39 Å². The molecule has 1 aromatic carbocycles. The third-order valence-corrected chi connectivity index (χ3v) is 2.49. The van der Waals surface area contributed by atoms with Crippen molar-refractivity contribution >= 4 is 0 Å². The molecule has 15 heavy (non-hydrogen) atoms. The second-order valence-corrected chi connectivity index (χ2v) is 5.50. The van der Waals surface area contributed by atoms with Crippen molar-refractivity contribution in [2.75, 3.05) is 0 Å². The smallest absolute Gasteiger partial charge is 0.129 e. The summed E-state index contributed by atoms with van der Waals surface area (Å²) in [5.41, 5.74) is 0.218. The lowest BCUT2D eigenvalue weighted by Crippen LogP contribution is -2.20. The van der Waals surface area contributed by atoms with Gasteiger partial charge >= 0.3 is 0 Å². The molecule has 0 unspecified atom stereocenters. The van der Waals surface area contributed by atoms with Crippen LogP contribution in [0.5, 0.6) is 0 Å². The molecule has 0 atom stereocenters. The summed E-state index contributed by atoms with van der Waals surface area (Å²) in [6, 6.07) is 4.94. The molecule has 1 aromatic rings. The maximum absolute atomic E-state index is 13.5. The Kier molecular flexibility index (Phi) is 2.92. The molecule has 0 spiro atoms. The predicted molar refractivity (Wildman–Crippen MR) is 60.3 cm³/mol. The number of aliphatic hydroxyl groups is 1.